The lowest BCUT2D eigenvalue weighted by Gasteiger charge is -2.23. The summed E-state index contributed by atoms with van der Waals surface area (Å²) < 4.78 is 25.7. The fraction of sp³-hybridized carbons (Fsp3) is 1.00. The average molecular weight is 263 g/mol. The van der Waals surface area contributed by atoms with Crippen LogP contribution in [0.4, 0.5) is 0 Å². The fourth-order valence-electron chi connectivity index (χ4n) is 2.04. The van der Waals surface area contributed by atoms with Crippen LogP contribution in [0.5, 0.6) is 0 Å². The van der Waals surface area contributed by atoms with Gasteiger partial charge in [-0.2, -0.15) is 0 Å². The van der Waals surface area contributed by atoms with E-state index >= 15 is 0 Å². The van der Waals surface area contributed by atoms with Gasteiger partial charge in [0.05, 0.1) is 5.25 Å². The van der Waals surface area contributed by atoms with Crippen molar-refractivity contribution in [2.45, 2.75) is 31.9 Å². The lowest BCUT2D eigenvalue weighted by molar-refractivity contribution is 0.284. The Kier molecular flexibility index (Phi) is 5.85. The summed E-state index contributed by atoms with van der Waals surface area (Å²) in [5.74, 6) is 0. The molecule has 1 heterocycles. The molecular weight excluding hydrogens is 238 g/mol. The summed E-state index contributed by atoms with van der Waals surface area (Å²) in [4.78, 5) is 2.31. The molecule has 2 N–H and O–H groups in total. The van der Waals surface area contributed by atoms with E-state index in [4.69, 9.17) is 5.73 Å². The van der Waals surface area contributed by atoms with Crippen molar-refractivity contribution in [3.8, 4) is 0 Å². The summed E-state index contributed by atoms with van der Waals surface area (Å²) in [6.45, 7) is 8.23. The van der Waals surface area contributed by atoms with Gasteiger partial charge in [-0.25, -0.2) is 12.7 Å². The predicted molar refractivity (Wildman–Crippen MR) is 70.4 cm³/mol. The Labute approximate surface area is 105 Å². The first-order valence-electron chi connectivity index (χ1n) is 6.40. The quantitative estimate of drug-likeness (QED) is 0.763. The first-order chi connectivity index (χ1) is 7.98. The molecule has 0 aromatic heterocycles. The van der Waals surface area contributed by atoms with Crippen LogP contribution < -0.4 is 5.73 Å². The number of sulfonamides is 1. The first-order valence-corrected chi connectivity index (χ1v) is 7.90. The number of rotatable bonds is 5. The molecule has 1 fully saturated rings. The molecular formula is C11H25N3O2S. The molecule has 0 radical (unpaired) electrons. The van der Waals surface area contributed by atoms with Gasteiger partial charge in [0.25, 0.3) is 0 Å². The predicted octanol–water partition coefficient (Wildman–Crippen LogP) is 0.0811. The Bertz CT molecular complexity index is 317. The molecule has 1 aliphatic rings. The molecule has 1 saturated heterocycles. The minimum Gasteiger partial charge on any atom is -0.330 e. The third-order valence-corrected chi connectivity index (χ3v) is 5.46. The van der Waals surface area contributed by atoms with Crippen molar-refractivity contribution >= 4 is 10.0 Å². The van der Waals surface area contributed by atoms with Gasteiger partial charge in [0, 0.05) is 19.6 Å². The molecule has 0 bridgehead atoms. The minimum absolute atomic E-state index is 0.321. The van der Waals surface area contributed by atoms with Gasteiger partial charge in [0.1, 0.15) is 0 Å². The second-order valence-electron chi connectivity index (χ2n) is 4.83. The molecule has 0 aromatic carbocycles. The average Bonchev–Trinajstić information content (AvgIpc) is 2.51. The smallest absolute Gasteiger partial charge is 0.216 e. The van der Waals surface area contributed by atoms with Crippen molar-refractivity contribution in [2.75, 3.05) is 39.3 Å². The van der Waals surface area contributed by atoms with Crippen LogP contribution in [0.15, 0.2) is 0 Å². The third-order valence-electron chi connectivity index (χ3n) is 3.18. The molecule has 17 heavy (non-hydrogen) atoms. The van der Waals surface area contributed by atoms with Crippen LogP contribution in [0.2, 0.25) is 0 Å². The normalized spacial score (nSPS) is 20.7. The maximum Gasteiger partial charge on any atom is 0.216 e. The first kappa shape index (κ1) is 14.9. The fourth-order valence-corrected chi connectivity index (χ4v) is 3.35. The van der Waals surface area contributed by atoms with Gasteiger partial charge in [0.2, 0.25) is 10.0 Å². The molecule has 0 spiro atoms. The summed E-state index contributed by atoms with van der Waals surface area (Å²) in [5, 5.41) is -0.321. The largest absolute Gasteiger partial charge is 0.330 e. The molecule has 0 saturated carbocycles. The van der Waals surface area contributed by atoms with E-state index in [1.165, 1.54) is 0 Å². The van der Waals surface area contributed by atoms with Crippen LogP contribution >= 0.6 is 0 Å². The Balaban J connectivity index is 2.53. The molecule has 1 rings (SSSR count). The topological polar surface area (TPSA) is 66.6 Å². The molecule has 5 nitrogen and oxygen atoms in total. The van der Waals surface area contributed by atoms with E-state index < -0.39 is 10.0 Å². The molecule has 0 atom stereocenters. The van der Waals surface area contributed by atoms with E-state index in [1.54, 1.807) is 18.2 Å². The highest BCUT2D eigenvalue weighted by molar-refractivity contribution is 7.89. The van der Waals surface area contributed by atoms with Crippen LogP contribution in [-0.2, 0) is 10.0 Å². The van der Waals surface area contributed by atoms with Crippen molar-refractivity contribution in [3.05, 3.63) is 0 Å². The summed E-state index contributed by atoms with van der Waals surface area (Å²) in [6.07, 6.45) is 1.90. The number of nitrogens with two attached hydrogens (primary N) is 1. The Morgan fingerprint density at radius 2 is 1.88 bits per heavy atom. The monoisotopic (exact) mass is 263 g/mol. The van der Waals surface area contributed by atoms with E-state index in [9.17, 15) is 8.42 Å². The molecule has 0 unspecified atom stereocenters. The van der Waals surface area contributed by atoms with Gasteiger partial charge in [-0.15, -0.1) is 0 Å². The minimum atomic E-state index is -3.09. The Hall–Kier alpha value is -0.170. The van der Waals surface area contributed by atoms with E-state index in [1.807, 2.05) is 0 Å². The van der Waals surface area contributed by atoms with Gasteiger partial charge in [-0.1, -0.05) is 0 Å². The standard InChI is InChI=1S/C11H25N3O2S/c1-11(2)17(15,16)14-8-4-7-13(9-10-14)6-3-5-12/h11H,3-10,12H2,1-2H3. The second-order valence-corrected chi connectivity index (χ2v) is 7.32. The maximum absolute atomic E-state index is 12.0. The second kappa shape index (κ2) is 6.68. The van der Waals surface area contributed by atoms with Crippen molar-refractivity contribution in [3.63, 3.8) is 0 Å². The summed E-state index contributed by atoms with van der Waals surface area (Å²) in [6, 6.07) is 0. The Morgan fingerprint density at radius 3 is 2.47 bits per heavy atom. The molecule has 1 aliphatic heterocycles. The lowest BCUT2D eigenvalue weighted by Crippen LogP contribution is -2.39. The summed E-state index contributed by atoms with van der Waals surface area (Å²) in [5.41, 5.74) is 5.49. The van der Waals surface area contributed by atoms with Crippen LogP contribution in [-0.4, -0.2) is 62.1 Å². The van der Waals surface area contributed by atoms with E-state index in [0.717, 1.165) is 32.5 Å². The van der Waals surface area contributed by atoms with Gasteiger partial charge in [-0.05, 0) is 46.3 Å². The third kappa shape index (κ3) is 4.21. The van der Waals surface area contributed by atoms with E-state index in [2.05, 4.69) is 4.90 Å². The number of hydrogen-bond acceptors (Lipinski definition) is 4. The SMILES string of the molecule is CC(C)S(=O)(=O)N1CCCN(CCCN)CC1. The van der Waals surface area contributed by atoms with Crippen molar-refractivity contribution in [1.82, 2.24) is 9.21 Å². The number of hydrogen-bond donors (Lipinski definition) is 1. The zero-order chi connectivity index (χ0) is 12.9. The molecule has 6 heteroatoms. The number of nitrogens with zero attached hydrogens (tertiary/aromatic N) is 2. The van der Waals surface area contributed by atoms with Gasteiger partial charge >= 0.3 is 0 Å². The Morgan fingerprint density at radius 1 is 1.18 bits per heavy atom. The van der Waals surface area contributed by atoms with Crippen molar-refractivity contribution in [1.29, 1.82) is 0 Å². The van der Waals surface area contributed by atoms with Gasteiger partial charge in [0.15, 0.2) is 0 Å². The van der Waals surface area contributed by atoms with E-state index in [-0.39, 0.29) is 5.25 Å². The van der Waals surface area contributed by atoms with Crippen LogP contribution in [0.3, 0.4) is 0 Å². The summed E-state index contributed by atoms with van der Waals surface area (Å²) in [7, 11) is -3.09. The highest BCUT2D eigenvalue weighted by Crippen LogP contribution is 2.12. The zero-order valence-electron chi connectivity index (χ0n) is 10.9. The van der Waals surface area contributed by atoms with Crippen LogP contribution in [0, 0.1) is 0 Å². The van der Waals surface area contributed by atoms with E-state index in [0.29, 0.717) is 19.6 Å². The lowest BCUT2D eigenvalue weighted by atomic mass is 10.3. The highest BCUT2D eigenvalue weighted by atomic mass is 32.2. The van der Waals surface area contributed by atoms with Gasteiger partial charge in [-0.3, -0.25) is 0 Å². The molecule has 0 aliphatic carbocycles. The van der Waals surface area contributed by atoms with Crippen LogP contribution in [0.25, 0.3) is 0 Å². The maximum atomic E-state index is 12.0. The van der Waals surface area contributed by atoms with Crippen molar-refractivity contribution < 1.29 is 8.42 Å². The molecule has 0 amide bonds. The van der Waals surface area contributed by atoms with Crippen LogP contribution in [0.1, 0.15) is 26.7 Å². The summed E-state index contributed by atoms with van der Waals surface area (Å²) >= 11 is 0. The van der Waals surface area contributed by atoms with Crippen molar-refractivity contribution in [2.24, 2.45) is 5.73 Å². The molecule has 102 valence electrons. The molecule has 0 aromatic rings. The highest BCUT2D eigenvalue weighted by Gasteiger charge is 2.27. The van der Waals surface area contributed by atoms with Gasteiger partial charge < -0.3 is 10.6 Å². The zero-order valence-corrected chi connectivity index (χ0v) is 11.7.